The molecule has 0 unspecified atom stereocenters. The van der Waals surface area contributed by atoms with Gasteiger partial charge in [0.1, 0.15) is 16.5 Å². The van der Waals surface area contributed by atoms with Crippen LogP contribution in [0, 0.1) is 12.7 Å². The highest BCUT2D eigenvalue weighted by atomic mass is 32.2. The lowest BCUT2D eigenvalue weighted by Crippen LogP contribution is -2.38. The second-order valence-electron chi connectivity index (χ2n) is 7.56. The van der Waals surface area contributed by atoms with Gasteiger partial charge in [-0.1, -0.05) is 12.1 Å². The van der Waals surface area contributed by atoms with E-state index in [1.54, 1.807) is 11.8 Å². The minimum atomic E-state index is -3.88. The second kappa shape index (κ2) is 7.87. The zero-order valence-corrected chi connectivity index (χ0v) is 17.1. The van der Waals surface area contributed by atoms with Gasteiger partial charge in [0.15, 0.2) is 11.6 Å². The van der Waals surface area contributed by atoms with Crippen LogP contribution in [0.3, 0.4) is 0 Å². The van der Waals surface area contributed by atoms with Gasteiger partial charge in [-0.15, -0.1) is 0 Å². The third-order valence-electron chi connectivity index (χ3n) is 5.67. The lowest BCUT2D eigenvalue weighted by Gasteiger charge is -2.29. The molecule has 1 amide bonds. The van der Waals surface area contributed by atoms with E-state index >= 15 is 0 Å². The highest BCUT2D eigenvalue weighted by Crippen LogP contribution is 2.32. The van der Waals surface area contributed by atoms with Crippen LogP contribution in [0.4, 0.5) is 4.39 Å². The molecule has 7 nitrogen and oxygen atoms in total. The molecule has 156 valence electrons. The number of sulfonamides is 1. The number of hydrogen-bond acceptors (Lipinski definition) is 5. The molecule has 0 N–H and O–H groups in total. The number of amides is 1. The number of carbonyl (C=O) groups is 1. The predicted octanol–water partition coefficient (Wildman–Crippen LogP) is 2.93. The van der Waals surface area contributed by atoms with Crippen molar-refractivity contribution in [2.24, 2.45) is 0 Å². The van der Waals surface area contributed by atoms with E-state index in [1.165, 1.54) is 22.5 Å². The van der Waals surface area contributed by atoms with Crippen LogP contribution in [0.5, 0.6) is 0 Å². The largest absolute Gasteiger partial charge is 0.445 e. The maximum absolute atomic E-state index is 14.0. The van der Waals surface area contributed by atoms with Crippen LogP contribution < -0.4 is 0 Å². The molecule has 29 heavy (non-hydrogen) atoms. The van der Waals surface area contributed by atoms with E-state index in [0.717, 1.165) is 32.0 Å². The van der Waals surface area contributed by atoms with Crippen LogP contribution in [0.2, 0.25) is 0 Å². The Hall–Kier alpha value is -2.26. The second-order valence-corrected chi connectivity index (χ2v) is 9.47. The molecular formula is C20H24FN3O4S. The van der Waals surface area contributed by atoms with Crippen LogP contribution in [0.15, 0.2) is 33.6 Å². The Bertz CT molecular complexity index is 1010. The van der Waals surface area contributed by atoms with Gasteiger partial charge in [0.05, 0.1) is 0 Å². The summed E-state index contributed by atoms with van der Waals surface area (Å²) in [6, 6.07) is 5.40. The van der Waals surface area contributed by atoms with Gasteiger partial charge in [-0.2, -0.15) is 4.31 Å². The van der Waals surface area contributed by atoms with Gasteiger partial charge in [0.2, 0.25) is 10.0 Å². The van der Waals surface area contributed by atoms with Crippen LogP contribution in [-0.2, 0) is 10.0 Å². The fraction of sp³-hybridized carbons (Fsp3) is 0.500. The molecule has 2 fully saturated rings. The summed E-state index contributed by atoms with van der Waals surface area (Å²) in [7, 11) is -3.88. The lowest BCUT2D eigenvalue weighted by atomic mass is 9.98. The Labute approximate surface area is 169 Å². The molecule has 0 atom stereocenters. The van der Waals surface area contributed by atoms with Gasteiger partial charge >= 0.3 is 0 Å². The van der Waals surface area contributed by atoms with Crippen LogP contribution >= 0.6 is 0 Å². The van der Waals surface area contributed by atoms with Crippen molar-refractivity contribution >= 4 is 15.9 Å². The van der Waals surface area contributed by atoms with Crippen molar-refractivity contribution in [2.75, 3.05) is 26.2 Å². The van der Waals surface area contributed by atoms with E-state index in [9.17, 15) is 17.6 Å². The molecule has 0 bridgehead atoms. The number of aryl methyl sites for hydroxylation is 1. The molecule has 2 aliphatic rings. The Morgan fingerprint density at radius 3 is 2.45 bits per heavy atom. The van der Waals surface area contributed by atoms with Gasteiger partial charge in [-0.3, -0.25) is 4.79 Å². The average Bonchev–Trinajstić information content (AvgIpc) is 3.38. The molecular weight excluding hydrogens is 397 g/mol. The van der Waals surface area contributed by atoms with Crippen molar-refractivity contribution in [1.82, 2.24) is 14.2 Å². The fourth-order valence-electron chi connectivity index (χ4n) is 4.00. The molecule has 1 aromatic carbocycles. The summed E-state index contributed by atoms with van der Waals surface area (Å²) in [5.74, 6) is 0.0600. The van der Waals surface area contributed by atoms with E-state index in [4.69, 9.17) is 4.42 Å². The zero-order chi connectivity index (χ0) is 20.6. The summed E-state index contributed by atoms with van der Waals surface area (Å²) >= 11 is 0. The zero-order valence-electron chi connectivity index (χ0n) is 16.3. The minimum absolute atomic E-state index is 0.0686. The SMILES string of the molecule is Cc1oc(C2CCN(S(=O)(=O)c3ccccc3F)CC2)nc1C(=O)N1CCCC1. The number of aromatic nitrogens is 1. The number of rotatable bonds is 4. The number of carbonyl (C=O) groups excluding carboxylic acids is 1. The van der Waals surface area contributed by atoms with Gasteiger partial charge < -0.3 is 9.32 Å². The molecule has 0 spiro atoms. The third-order valence-corrected chi connectivity index (χ3v) is 7.60. The van der Waals surface area contributed by atoms with Crippen LogP contribution in [-0.4, -0.2) is 54.7 Å². The highest BCUT2D eigenvalue weighted by molar-refractivity contribution is 7.89. The van der Waals surface area contributed by atoms with E-state index < -0.39 is 15.8 Å². The summed E-state index contributed by atoms with van der Waals surface area (Å²) in [4.78, 5) is 18.6. The van der Waals surface area contributed by atoms with Gasteiger partial charge in [0, 0.05) is 32.1 Å². The molecule has 3 heterocycles. The third kappa shape index (κ3) is 3.81. The van der Waals surface area contributed by atoms with Gasteiger partial charge in [-0.05, 0) is 44.7 Å². The normalized spacial score (nSPS) is 19.0. The standard InChI is InChI=1S/C20H24FN3O4S/c1-14-18(20(25)23-10-4-5-11-23)22-19(28-14)15-8-12-24(13-9-15)29(26,27)17-7-3-2-6-16(17)21/h2-3,6-7,15H,4-5,8-13H2,1H3. The van der Waals surface area contributed by atoms with Crippen molar-refractivity contribution in [3.05, 3.63) is 47.4 Å². The summed E-state index contributed by atoms with van der Waals surface area (Å²) in [5, 5.41) is 0. The van der Waals surface area contributed by atoms with Crippen molar-refractivity contribution in [3.63, 3.8) is 0 Å². The Balaban J connectivity index is 1.46. The number of benzene rings is 1. The first-order valence-corrected chi connectivity index (χ1v) is 11.3. The number of nitrogens with zero attached hydrogens (tertiary/aromatic N) is 3. The molecule has 9 heteroatoms. The molecule has 0 saturated carbocycles. The van der Waals surface area contributed by atoms with Gasteiger partial charge in [-0.25, -0.2) is 17.8 Å². The van der Waals surface area contributed by atoms with Crippen molar-refractivity contribution in [2.45, 2.75) is 43.4 Å². The summed E-state index contributed by atoms with van der Waals surface area (Å²) in [5.41, 5.74) is 0.350. The molecule has 0 radical (unpaired) electrons. The number of likely N-dealkylation sites (tertiary alicyclic amines) is 1. The molecule has 1 aromatic heterocycles. The topological polar surface area (TPSA) is 83.7 Å². The van der Waals surface area contributed by atoms with E-state index in [2.05, 4.69) is 4.98 Å². The number of piperidine rings is 1. The first kappa shape index (κ1) is 20.0. The first-order valence-electron chi connectivity index (χ1n) is 9.89. The summed E-state index contributed by atoms with van der Waals surface area (Å²) in [6.07, 6.45) is 3.02. The fourth-order valence-corrected chi connectivity index (χ4v) is 5.53. The smallest absolute Gasteiger partial charge is 0.276 e. The Morgan fingerprint density at radius 1 is 1.14 bits per heavy atom. The van der Waals surface area contributed by atoms with E-state index in [0.29, 0.717) is 30.2 Å². The monoisotopic (exact) mass is 421 g/mol. The Morgan fingerprint density at radius 2 is 1.79 bits per heavy atom. The highest BCUT2D eigenvalue weighted by Gasteiger charge is 2.34. The molecule has 2 aliphatic heterocycles. The maximum atomic E-state index is 14.0. The first-order chi connectivity index (χ1) is 13.9. The lowest BCUT2D eigenvalue weighted by molar-refractivity contribution is 0.0786. The summed E-state index contributed by atoms with van der Waals surface area (Å²) in [6.45, 7) is 3.72. The van der Waals surface area contributed by atoms with Crippen molar-refractivity contribution in [3.8, 4) is 0 Å². The Kier molecular flexibility index (Phi) is 5.44. The van der Waals surface area contributed by atoms with Crippen LogP contribution in [0.1, 0.15) is 53.7 Å². The molecule has 4 rings (SSSR count). The number of oxazole rings is 1. The molecule has 2 saturated heterocycles. The quantitative estimate of drug-likeness (QED) is 0.758. The van der Waals surface area contributed by atoms with E-state index in [-0.39, 0.29) is 29.8 Å². The average molecular weight is 421 g/mol. The number of hydrogen-bond donors (Lipinski definition) is 0. The minimum Gasteiger partial charge on any atom is -0.445 e. The molecule has 2 aromatic rings. The van der Waals surface area contributed by atoms with E-state index in [1.807, 2.05) is 0 Å². The van der Waals surface area contributed by atoms with Gasteiger partial charge in [0.25, 0.3) is 5.91 Å². The van der Waals surface area contributed by atoms with Crippen LogP contribution in [0.25, 0.3) is 0 Å². The number of halogens is 1. The van der Waals surface area contributed by atoms with Crippen molar-refractivity contribution in [1.29, 1.82) is 0 Å². The molecule has 0 aliphatic carbocycles. The maximum Gasteiger partial charge on any atom is 0.276 e. The van der Waals surface area contributed by atoms with Crippen molar-refractivity contribution < 1.29 is 22.0 Å². The summed E-state index contributed by atoms with van der Waals surface area (Å²) < 4.78 is 46.5. The predicted molar refractivity (Wildman–Crippen MR) is 104 cm³/mol.